The quantitative estimate of drug-likeness (QED) is 0.774. The predicted molar refractivity (Wildman–Crippen MR) is 62.1 cm³/mol. The Balaban J connectivity index is 2.84. The first kappa shape index (κ1) is 12.6. The Hall–Kier alpha value is -1.49. The van der Waals surface area contributed by atoms with Gasteiger partial charge in [-0.2, -0.15) is 10.2 Å². The molecule has 1 amide bonds. The van der Waals surface area contributed by atoms with Gasteiger partial charge in [-0.25, -0.2) is 0 Å². The molecule has 1 aromatic heterocycles. The summed E-state index contributed by atoms with van der Waals surface area (Å²) in [7, 11) is 0. The van der Waals surface area contributed by atoms with Crippen molar-refractivity contribution in [3.63, 3.8) is 0 Å². The molecule has 0 aromatic carbocycles. The highest BCUT2D eigenvalue weighted by atomic mass is 16.1. The normalized spacial score (nSPS) is 12.2. The first-order chi connectivity index (χ1) is 7.54. The van der Waals surface area contributed by atoms with E-state index in [1.165, 1.54) is 0 Å². The molecule has 1 unspecified atom stereocenters. The van der Waals surface area contributed by atoms with E-state index in [-0.39, 0.29) is 11.9 Å². The summed E-state index contributed by atoms with van der Waals surface area (Å²) in [6, 6.07) is 1.70. The second-order valence-electron chi connectivity index (χ2n) is 3.89. The average Bonchev–Trinajstić information content (AvgIpc) is 2.25. The molecule has 0 bridgehead atoms. The van der Waals surface area contributed by atoms with Gasteiger partial charge in [-0.3, -0.25) is 4.79 Å². The van der Waals surface area contributed by atoms with Gasteiger partial charge >= 0.3 is 0 Å². The second-order valence-corrected chi connectivity index (χ2v) is 3.89. The number of amides is 1. The second kappa shape index (κ2) is 5.55. The number of hydrogen-bond acceptors (Lipinski definition) is 4. The van der Waals surface area contributed by atoms with Crippen LogP contribution in [0.2, 0.25) is 0 Å². The lowest BCUT2D eigenvalue weighted by Gasteiger charge is -2.10. The number of nitrogens with zero attached hydrogens (tertiary/aromatic N) is 2. The Morgan fingerprint density at radius 2 is 2.25 bits per heavy atom. The summed E-state index contributed by atoms with van der Waals surface area (Å²) >= 11 is 0. The van der Waals surface area contributed by atoms with Crippen LogP contribution in [0.3, 0.4) is 0 Å². The van der Waals surface area contributed by atoms with Gasteiger partial charge in [0.1, 0.15) is 0 Å². The van der Waals surface area contributed by atoms with Crippen LogP contribution in [-0.2, 0) is 6.42 Å². The predicted octanol–water partition coefficient (Wildman–Crippen LogP) is 0.424. The van der Waals surface area contributed by atoms with Crippen LogP contribution in [0, 0.1) is 6.92 Å². The molecule has 0 spiro atoms. The first-order valence-electron chi connectivity index (χ1n) is 5.41. The summed E-state index contributed by atoms with van der Waals surface area (Å²) in [5, 5.41) is 10.7. The van der Waals surface area contributed by atoms with Gasteiger partial charge in [-0.05, 0) is 26.3 Å². The van der Waals surface area contributed by atoms with Crippen LogP contribution >= 0.6 is 0 Å². The fraction of sp³-hybridized carbons (Fsp3) is 0.545. The van der Waals surface area contributed by atoms with Gasteiger partial charge in [0.15, 0.2) is 0 Å². The average molecular weight is 222 g/mol. The molecule has 0 aliphatic carbocycles. The van der Waals surface area contributed by atoms with Crippen molar-refractivity contribution in [2.24, 2.45) is 5.73 Å². The van der Waals surface area contributed by atoms with E-state index in [0.717, 1.165) is 5.69 Å². The SMILES string of the molecule is CCc1nnc(C)cc1C(=O)NCC(C)N. The van der Waals surface area contributed by atoms with Crippen molar-refractivity contribution in [1.82, 2.24) is 15.5 Å². The van der Waals surface area contributed by atoms with E-state index < -0.39 is 0 Å². The van der Waals surface area contributed by atoms with Gasteiger partial charge in [0.05, 0.1) is 17.0 Å². The highest BCUT2D eigenvalue weighted by Crippen LogP contribution is 2.07. The van der Waals surface area contributed by atoms with Crippen LogP contribution in [0.1, 0.15) is 35.6 Å². The molecule has 0 saturated heterocycles. The minimum atomic E-state index is -0.132. The van der Waals surface area contributed by atoms with Crippen molar-refractivity contribution in [3.8, 4) is 0 Å². The highest BCUT2D eigenvalue weighted by molar-refractivity contribution is 5.95. The van der Waals surface area contributed by atoms with Crippen molar-refractivity contribution in [1.29, 1.82) is 0 Å². The molecular formula is C11H18N4O. The molecule has 3 N–H and O–H groups in total. The monoisotopic (exact) mass is 222 g/mol. The maximum atomic E-state index is 11.8. The number of carbonyl (C=O) groups is 1. The maximum absolute atomic E-state index is 11.8. The Labute approximate surface area is 95.4 Å². The fourth-order valence-electron chi connectivity index (χ4n) is 1.32. The molecule has 5 heteroatoms. The Kier molecular flexibility index (Phi) is 4.37. The molecule has 1 aromatic rings. The third-order valence-corrected chi connectivity index (χ3v) is 2.16. The standard InChI is InChI=1S/C11H18N4O/c1-4-10-9(5-8(3)14-15-10)11(16)13-6-7(2)12/h5,7H,4,6,12H2,1-3H3,(H,13,16). The van der Waals surface area contributed by atoms with Crippen LogP contribution in [-0.4, -0.2) is 28.7 Å². The zero-order valence-corrected chi connectivity index (χ0v) is 9.95. The number of hydrogen-bond donors (Lipinski definition) is 2. The topological polar surface area (TPSA) is 80.9 Å². The lowest BCUT2D eigenvalue weighted by atomic mass is 10.1. The molecule has 0 fully saturated rings. The summed E-state index contributed by atoms with van der Waals surface area (Å²) in [4.78, 5) is 11.8. The summed E-state index contributed by atoms with van der Waals surface area (Å²) in [6.45, 7) is 6.07. The van der Waals surface area contributed by atoms with E-state index in [0.29, 0.717) is 24.2 Å². The number of carbonyl (C=O) groups excluding carboxylic acids is 1. The molecule has 1 atom stereocenters. The third-order valence-electron chi connectivity index (χ3n) is 2.16. The van der Waals surface area contributed by atoms with Crippen molar-refractivity contribution in [2.45, 2.75) is 33.2 Å². The minimum absolute atomic E-state index is 0.0510. The fourth-order valence-corrected chi connectivity index (χ4v) is 1.32. The number of aromatic nitrogens is 2. The zero-order valence-electron chi connectivity index (χ0n) is 9.95. The highest BCUT2D eigenvalue weighted by Gasteiger charge is 2.12. The van der Waals surface area contributed by atoms with Crippen LogP contribution < -0.4 is 11.1 Å². The smallest absolute Gasteiger partial charge is 0.253 e. The van der Waals surface area contributed by atoms with E-state index in [9.17, 15) is 4.79 Å². The lowest BCUT2D eigenvalue weighted by Crippen LogP contribution is -2.35. The molecular weight excluding hydrogens is 204 g/mol. The molecule has 0 saturated carbocycles. The van der Waals surface area contributed by atoms with Crippen molar-refractivity contribution in [2.75, 3.05) is 6.54 Å². The van der Waals surface area contributed by atoms with Crippen LogP contribution in [0.5, 0.6) is 0 Å². The molecule has 1 rings (SSSR count). The number of nitrogens with two attached hydrogens (primary N) is 1. The summed E-state index contributed by atoms with van der Waals surface area (Å²) in [5.41, 5.74) is 7.62. The Morgan fingerprint density at radius 1 is 1.56 bits per heavy atom. The van der Waals surface area contributed by atoms with Gasteiger partial charge in [0.2, 0.25) is 0 Å². The molecule has 5 nitrogen and oxygen atoms in total. The van der Waals surface area contributed by atoms with E-state index in [1.807, 2.05) is 20.8 Å². The van der Waals surface area contributed by atoms with E-state index in [1.54, 1.807) is 6.07 Å². The molecule has 0 aliphatic rings. The zero-order chi connectivity index (χ0) is 12.1. The van der Waals surface area contributed by atoms with Crippen LogP contribution in [0.4, 0.5) is 0 Å². The van der Waals surface area contributed by atoms with Gasteiger partial charge in [-0.15, -0.1) is 0 Å². The van der Waals surface area contributed by atoms with Crippen molar-refractivity contribution in [3.05, 3.63) is 23.0 Å². The van der Waals surface area contributed by atoms with E-state index in [2.05, 4.69) is 15.5 Å². The van der Waals surface area contributed by atoms with Crippen molar-refractivity contribution < 1.29 is 4.79 Å². The Morgan fingerprint density at radius 3 is 2.81 bits per heavy atom. The Bertz CT molecular complexity index is 376. The summed E-state index contributed by atoms with van der Waals surface area (Å²) in [5.74, 6) is -0.132. The molecule has 0 radical (unpaired) electrons. The molecule has 0 aliphatic heterocycles. The lowest BCUT2D eigenvalue weighted by molar-refractivity contribution is 0.0950. The maximum Gasteiger partial charge on any atom is 0.253 e. The van der Waals surface area contributed by atoms with Gasteiger partial charge < -0.3 is 11.1 Å². The van der Waals surface area contributed by atoms with Crippen molar-refractivity contribution >= 4 is 5.91 Å². The number of aryl methyl sites for hydroxylation is 2. The van der Waals surface area contributed by atoms with E-state index >= 15 is 0 Å². The summed E-state index contributed by atoms with van der Waals surface area (Å²) < 4.78 is 0. The first-order valence-corrected chi connectivity index (χ1v) is 5.41. The van der Waals surface area contributed by atoms with E-state index in [4.69, 9.17) is 5.73 Å². The van der Waals surface area contributed by atoms with Crippen LogP contribution in [0.25, 0.3) is 0 Å². The third kappa shape index (κ3) is 3.27. The van der Waals surface area contributed by atoms with Gasteiger partial charge in [0, 0.05) is 12.6 Å². The summed E-state index contributed by atoms with van der Waals surface area (Å²) in [6.07, 6.45) is 0.689. The molecule has 16 heavy (non-hydrogen) atoms. The number of rotatable bonds is 4. The van der Waals surface area contributed by atoms with Gasteiger partial charge in [-0.1, -0.05) is 6.92 Å². The molecule has 1 heterocycles. The number of nitrogens with one attached hydrogen (secondary N) is 1. The minimum Gasteiger partial charge on any atom is -0.350 e. The van der Waals surface area contributed by atoms with Crippen LogP contribution in [0.15, 0.2) is 6.07 Å². The van der Waals surface area contributed by atoms with Gasteiger partial charge in [0.25, 0.3) is 5.91 Å². The molecule has 88 valence electrons. The largest absolute Gasteiger partial charge is 0.350 e.